The number of hydrogen-bond donors (Lipinski definition) is 2. The molecular weight excluding hydrogens is 374 g/mol. The van der Waals surface area contributed by atoms with Crippen molar-refractivity contribution in [3.05, 3.63) is 63.2 Å². The monoisotopic (exact) mass is 389 g/mol. The molecule has 0 saturated heterocycles. The van der Waals surface area contributed by atoms with Gasteiger partial charge in [-0.3, -0.25) is 14.9 Å². The fraction of sp³-hybridized carbons (Fsp3) is 0.167. The van der Waals surface area contributed by atoms with Crippen molar-refractivity contribution in [2.24, 2.45) is 0 Å². The van der Waals surface area contributed by atoms with Gasteiger partial charge in [-0.05, 0) is 35.9 Å². The minimum absolute atomic E-state index is 0.0302. The van der Waals surface area contributed by atoms with Gasteiger partial charge in [0.25, 0.3) is 5.69 Å². The number of nitro groups is 1. The number of nitrogens with one attached hydrogen (secondary N) is 2. The average Bonchev–Trinajstić information content (AvgIpc) is 3.13. The number of non-ortho nitro benzene ring substituents is 1. The van der Waals surface area contributed by atoms with Gasteiger partial charge >= 0.3 is 0 Å². The second-order valence-electron chi connectivity index (χ2n) is 5.59. The summed E-state index contributed by atoms with van der Waals surface area (Å²) in [6, 6.07) is 9.50. The Kier molecular flexibility index (Phi) is 5.77. The summed E-state index contributed by atoms with van der Waals surface area (Å²) in [5, 5.41) is 16.8. The minimum atomic E-state index is -0.455. The normalized spacial score (nSPS) is 12.2. The molecule has 0 bridgehead atoms. The van der Waals surface area contributed by atoms with E-state index in [0.29, 0.717) is 29.6 Å². The van der Waals surface area contributed by atoms with Crippen LogP contribution in [0.2, 0.25) is 5.02 Å². The van der Waals surface area contributed by atoms with E-state index in [1.54, 1.807) is 30.3 Å². The van der Waals surface area contributed by atoms with Gasteiger partial charge in [-0.15, -0.1) is 0 Å². The molecule has 0 saturated carbocycles. The summed E-state index contributed by atoms with van der Waals surface area (Å²) in [6.07, 6.45) is 3.03. The molecule has 0 aromatic heterocycles. The SMILES string of the molecule is O=C(/C=C/c1cc(Cl)c2c(c1)OCO2)NCCNc1ccc([N+](=O)[O-])cc1. The Morgan fingerprint density at radius 1 is 1.22 bits per heavy atom. The molecule has 8 nitrogen and oxygen atoms in total. The number of nitrogens with zero attached hydrogens (tertiary/aromatic N) is 1. The summed E-state index contributed by atoms with van der Waals surface area (Å²) in [7, 11) is 0. The van der Waals surface area contributed by atoms with Gasteiger partial charge in [0.15, 0.2) is 11.5 Å². The number of anilines is 1. The predicted molar refractivity (Wildman–Crippen MR) is 101 cm³/mol. The van der Waals surface area contributed by atoms with E-state index in [0.717, 1.165) is 11.3 Å². The molecule has 2 aromatic rings. The van der Waals surface area contributed by atoms with Crippen LogP contribution in [-0.2, 0) is 4.79 Å². The van der Waals surface area contributed by atoms with Gasteiger partial charge in [-0.25, -0.2) is 0 Å². The Morgan fingerprint density at radius 3 is 2.74 bits per heavy atom. The molecule has 0 atom stereocenters. The third-order valence-electron chi connectivity index (χ3n) is 3.71. The molecular formula is C18H16ClN3O5. The van der Waals surface area contributed by atoms with Gasteiger partial charge in [0.05, 0.1) is 9.95 Å². The van der Waals surface area contributed by atoms with Gasteiger partial charge in [0, 0.05) is 37.0 Å². The standard InChI is InChI=1S/C18H16ClN3O5/c19-15-9-12(10-16-18(15)27-11-26-16)1-6-17(23)21-8-7-20-13-2-4-14(5-3-13)22(24)25/h1-6,9-10,20H,7-8,11H2,(H,21,23)/b6-1+. The Bertz CT molecular complexity index is 883. The van der Waals surface area contributed by atoms with E-state index < -0.39 is 4.92 Å². The molecule has 140 valence electrons. The maximum Gasteiger partial charge on any atom is 0.269 e. The van der Waals surface area contributed by atoms with E-state index in [1.807, 2.05) is 0 Å². The van der Waals surface area contributed by atoms with Crippen molar-refractivity contribution in [1.29, 1.82) is 0 Å². The minimum Gasteiger partial charge on any atom is -0.454 e. The molecule has 0 unspecified atom stereocenters. The Labute approximate surface area is 159 Å². The van der Waals surface area contributed by atoms with Crippen LogP contribution in [0.15, 0.2) is 42.5 Å². The first-order valence-corrected chi connectivity index (χ1v) is 8.44. The molecule has 1 heterocycles. The van der Waals surface area contributed by atoms with Crippen LogP contribution in [0.25, 0.3) is 6.08 Å². The lowest BCUT2D eigenvalue weighted by molar-refractivity contribution is -0.384. The second-order valence-corrected chi connectivity index (χ2v) is 6.00. The van der Waals surface area contributed by atoms with Crippen LogP contribution in [0, 0.1) is 10.1 Å². The van der Waals surface area contributed by atoms with E-state index in [2.05, 4.69) is 10.6 Å². The number of amides is 1. The fourth-order valence-electron chi connectivity index (χ4n) is 2.41. The Balaban J connectivity index is 1.44. The number of nitro benzene ring substituents is 1. The number of rotatable bonds is 7. The molecule has 1 amide bonds. The molecule has 0 aliphatic carbocycles. The van der Waals surface area contributed by atoms with E-state index in [4.69, 9.17) is 21.1 Å². The largest absolute Gasteiger partial charge is 0.454 e. The predicted octanol–water partition coefficient (Wildman–Crippen LogP) is 3.22. The fourth-order valence-corrected chi connectivity index (χ4v) is 2.68. The summed E-state index contributed by atoms with van der Waals surface area (Å²) >= 11 is 6.09. The first-order valence-electron chi connectivity index (χ1n) is 8.06. The number of fused-ring (bicyclic) bond motifs is 1. The van der Waals surface area contributed by atoms with E-state index in [-0.39, 0.29) is 18.4 Å². The van der Waals surface area contributed by atoms with Crippen molar-refractivity contribution in [3.63, 3.8) is 0 Å². The van der Waals surface area contributed by atoms with Crippen LogP contribution < -0.4 is 20.1 Å². The number of hydrogen-bond acceptors (Lipinski definition) is 6. The van der Waals surface area contributed by atoms with Crippen molar-refractivity contribution < 1.29 is 19.2 Å². The number of carbonyl (C=O) groups excluding carboxylic acids is 1. The van der Waals surface area contributed by atoms with Crippen LogP contribution in [0.1, 0.15) is 5.56 Å². The zero-order chi connectivity index (χ0) is 19.2. The molecule has 3 rings (SSSR count). The highest BCUT2D eigenvalue weighted by Crippen LogP contribution is 2.40. The maximum atomic E-state index is 11.9. The third kappa shape index (κ3) is 4.89. The van der Waals surface area contributed by atoms with Gasteiger partial charge in [-0.2, -0.15) is 0 Å². The zero-order valence-corrected chi connectivity index (χ0v) is 14.9. The van der Waals surface area contributed by atoms with Crippen molar-refractivity contribution in [1.82, 2.24) is 5.32 Å². The van der Waals surface area contributed by atoms with Gasteiger partial charge in [0.2, 0.25) is 12.7 Å². The molecule has 0 spiro atoms. The molecule has 0 radical (unpaired) electrons. The Morgan fingerprint density at radius 2 is 2.00 bits per heavy atom. The summed E-state index contributed by atoms with van der Waals surface area (Å²) < 4.78 is 10.5. The number of ether oxygens (including phenoxy) is 2. The van der Waals surface area contributed by atoms with Crippen LogP contribution in [0.3, 0.4) is 0 Å². The number of carbonyl (C=O) groups is 1. The smallest absolute Gasteiger partial charge is 0.269 e. The van der Waals surface area contributed by atoms with Gasteiger partial charge in [-0.1, -0.05) is 11.6 Å². The molecule has 1 aliphatic heterocycles. The third-order valence-corrected chi connectivity index (χ3v) is 3.99. The molecule has 2 N–H and O–H groups in total. The number of benzene rings is 2. The Hall–Kier alpha value is -3.26. The quantitative estimate of drug-likeness (QED) is 0.326. The maximum absolute atomic E-state index is 11.9. The first-order chi connectivity index (χ1) is 13.0. The summed E-state index contributed by atoms with van der Waals surface area (Å²) in [5.41, 5.74) is 1.49. The molecule has 0 fully saturated rings. The summed E-state index contributed by atoms with van der Waals surface area (Å²) in [5.74, 6) is 0.805. The first kappa shape index (κ1) is 18.5. The summed E-state index contributed by atoms with van der Waals surface area (Å²) in [6.45, 7) is 1.000. The van der Waals surface area contributed by atoms with E-state index >= 15 is 0 Å². The van der Waals surface area contributed by atoms with E-state index in [9.17, 15) is 14.9 Å². The average molecular weight is 390 g/mol. The van der Waals surface area contributed by atoms with Crippen LogP contribution in [0.4, 0.5) is 11.4 Å². The highest BCUT2D eigenvalue weighted by atomic mass is 35.5. The molecule has 27 heavy (non-hydrogen) atoms. The second kappa shape index (κ2) is 8.41. The topological polar surface area (TPSA) is 103 Å². The van der Waals surface area contributed by atoms with E-state index in [1.165, 1.54) is 18.2 Å². The lowest BCUT2D eigenvalue weighted by atomic mass is 10.2. The highest BCUT2D eigenvalue weighted by molar-refractivity contribution is 6.32. The molecule has 1 aliphatic rings. The lowest BCUT2D eigenvalue weighted by Crippen LogP contribution is -2.27. The van der Waals surface area contributed by atoms with Crippen molar-refractivity contribution in [2.75, 3.05) is 25.2 Å². The van der Waals surface area contributed by atoms with Gasteiger partial charge in [0.1, 0.15) is 0 Å². The lowest BCUT2D eigenvalue weighted by Gasteiger charge is -2.06. The van der Waals surface area contributed by atoms with Crippen LogP contribution in [-0.4, -0.2) is 30.7 Å². The van der Waals surface area contributed by atoms with Crippen molar-refractivity contribution in [3.8, 4) is 11.5 Å². The summed E-state index contributed by atoms with van der Waals surface area (Å²) in [4.78, 5) is 22.0. The van der Waals surface area contributed by atoms with Gasteiger partial charge < -0.3 is 20.1 Å². The highest BCUT2D eigenvalue weighted by Gasteiger charge is 2.17. The van der Waals surface area contributed by atoms with Crippen molar-refractivity contribution in [2.45, 2.75) is 0 Å². The van der Waals surface area contributed by atoms with Crippen LogP contribution in [0.5, 0.6) is 11.5 Å². The van der Waals surface area contributed by atoms with Crippen molar-refractivity contribution >= 4 is 35.0 Å². The molecule has 2 aromatic carbocycles. The number of halogens is 1. The zero-order valence-electron chi connectivity index (χ0n) is 14.1. The van der Waals surface area contributed by atoms with Crippen LogP contribution >= 0.6 is 11.6 Å². The molecule has 9 heteroatoms.